The van der Waals surface area contributed by atoms with Crippen molar-refractivity contribution in [1.82, 2.24) is 0 Å². The maximum atomic E-state index is 11.9. The summed E-state index contributed by atoms with van der Waals surface area (Å²) < 4.78 is 0. The molecule has 0 aliphatic heterocycles. The first-order chi connectivity index (χ1) is 7.33. The second-order valence-corrected chi connectivity index (χ2v) is 3.21. The fourth-order valence-electron chi connectivity index (χ4n) is 1.49. The number of hydrogen-bond donors (Lipinski definition) is 0. The summed E-state index contributed by atoms with van der Waals surface area (Å²) in [6.45, 7) is 0. The second-order valence-electron chi connectivity index (χ2n) is 3.21. The lowest BCUT2D eigenvalue weighted by Crippen LogP contribution is -2.16. The summed E-state index contributed by atoms with van der Waals surface area (Å²) in [7, 11) is 0. The van der Waals surface area contributed by atoms with E-state index in [9.17, 15) is 9.59 Å². The molecule has 0 spiro atoms. The Labute approximate surface area is 89.3 Å². The predicted octanol–water partition coefficient (Wildman–Crippen LogP) is 1.84. The van der Waals surface area contributed by atoms with Gasteiger partial charge in [0.25, 0.3) is 0 Å². The number of Topliss-reactive ketones (excluding diaryl/α,β-unsaturated/α-hetero) is 1. The summed E-state index contributed by atoms with van der Waals surface area (Å²) >= 11 is 0. The molecule has 0 heterocycles. The Morgan fingerprint density at radius 2 is 1.80 bits per heavy atom. The first-order valence-corrected chi connectivity index (χ1v) is 4.63. The molecule has 1 saturated carbocycles. The average Bonchev–Trinajstić information content (AvgIpc) is 2.77. The van der Waals surface area contributed by atoms with Crippen LogP contribution in [0, 0.1) is 31.1 Å². The summed E-state index contributed by atoms with van der Waals surface area (Å²) in [5, 5.41) is 0. The van der Waals surface area contributed by atoms with Gasteiger partial charge in [-0.2, -0.15) is 0 Å². The Hall–Kier alpha value is -1.44. The standard InChI is InChI=1S/C13H9O2/c14-9-11-7-4-8-12(11)13(15)10-5-2-1-3-6-10/h1-9H. The van der Waals surface area contributed by atoms with Crippen molar-refractivity contribution in [2.45, 2.75) is 0 Å². The van der Waals surface area contributed by atoms with Gasteiger partial charge < -0.3 is 4.79 Å². The molecule has 2 heteroatoms. The van der Waals surface area contributed by atoms with Crippen LogP contribution in [-0.2, 0) is 4.79 Å². The summed E-state index contributed by atoms with van der Waals surface area (Å²) in [6.07, 6.45) is 5.72. The van der Waals surface area contributed by atoms with E-state index in [1.54, 1.807) is 43.5 Å². The highest BCUT2D eigenvalue weighted by atomic mass is 16.1. The van der Waals surface area contributed by atoms with E-state index in [2.05, 4.69) is 0 Å². The van der Waals surface area contributed by atoms with Crippen LogP contribution in [0.15, 0.2) is 30.3 Å². The summed E-state index contributed by atoms with van der Waals surface area (Å²) in [5.41, 5.74) is 0.604. The number of carbonyl (C=O) groups excluding carboxylic acids is 2. The van der Waals surface area contributed by atoms with Crippen LogP contribution in [0.3, 0.4) is 0 Å². The fourth-order valence-corrected chi connectivity index (χ4v) is 1.49. The molecular formula is C13H9O2. The van der Waals surface area contributed by atoms with Gasteiger partial charge in [-0.05, 0) is 19.3 Å². The third kappa shape index (κ3) is 1.99. The smallest absolute Gasteiger partial charge is 0.171 e. The summed E-state index contributed by atoms with van der Waals surface area (Å²) in [6, 6.07) is 8.93. The van der Waals surface area contributed by atoms with E-state index in [1.807, 2.05) is 6.07 Å². The van der Waals surface area contributed by atoms with Crippen LogP contribution in [0.2, 0.25) is 0 Å². The quantitative estimate of drug-likeness (QED) is 0.547. The molecule has 0 N–H and O–H groups in total. The Kier molecular flexibility index (Phi) is 2.95. The minimum absolute atomic E-state index is 0.109. The van der Waals surface area contributed by atoms with Crippen LogP contribution in [-0.4, -0.2) is 12.1 Å². The first kappa shape index (κ1) is 10.1. The highest BCUT2D eigenvalue weighted by Gasteiger charge is 2.35. The highest BCUT2D eigenvalue weighted by molar-refractivity contribution is 6.14. The van der Waals surface area contributed by atoms with E-state index in [-0.39, 0.29) is 5.78 Å². The maximum absolute atomic E-state index is 11.9. The Bertz CT molecular complexity index is 356. The van der Waals surface area contributed by atoms with E-state index in [4.69, 9.17) is 0 Å². The van der Waals surface area contributed by atoms with E-state index < -0.39 is 0 Å². The Balaban J connectivity index is 2.18. The summed E-state index contributed by atoms with van der Waals surface area (Å²) in [4.78, 5) is 22.6. The van der Waals surface area contributed by atoms with Crippen molar-refractivity contribution >= 4 is 12.1 Å². The van der Waals surface area contributed by atoms with Gasteiger partial charge in [0.15, 0.2) is 5.78 Å². The van der Waals surface area contributed by atoms with Gasteiger partial charge in [-0.25, -0.2) is 0 Å². The molecule has 1 fully saturated rings. The van der Waals surface area contributed by atoms with Crippen molar-refractivity contribution in [1.29, 1.82) is 0 Å². The van der Waals surface area contributed by atoms with Crippen molar-refractivity contribution in [2.24, 2.45) is 0 Å². The lowest BCUT2D eigenvalue weighted by molar-refractivity contribution is -0.105. The zero-order valence-electron chi connectivity index (χ0n) is 8.01. The van der Waals surface area contributed by atoms with Crippen LogP contribution in [0.5, 0.6) is 0 Å². The van der Waals surface area contributed by atoms with Crippen LogP contribution >= 0.6 is 0 Å². The predicted molar refractivity (Wildman–Crippen MR) is 56.2 cm³/mol. The number of hydrogen-bond acceptors (Lipinski definition) is 2. The van der Waals surface area contributed by atoms with E-state index in [0.717, 1.165) is 0 Å². The molecule has 0 bridgehead atoms. The van der Waals surface area contributed by atoms with E-state index >= 15 is 0 Å². The van der Waals surface area contributed by atoms with Crippen molar-refractivity contribution in [3.05, 3.63) is 67.0 Å². The third-order valence-electron chi connectivity index (χ3n) is 2.26. The molecule has 2 nitrogen and oxygen atoms in total. The number of aldehydes is 1. The Morgan fingerprint density at radius 3 is 2.47 bits per heavy atom. The molecule has 0 atom stereocenters. The summed E-state index contributed by atoms with van der Waals surface area (Å²) in [5.74, 6) is 0.808. The molecule has 5 radical (unpaired) electrons. The molecule has 1 aliphatic rings. The molecule has 2 rings (SSSR count). The second kappa shape index (κ2) is 4.39. The van der Waals surface area contributed by atoms with Crippen molar-refractivity contribution in [3.8, 4) is 0 Å². The van der Waals surface area contributed by atoms with Gasteiger partial charge in [0.2, 0.25) is 0 Å². The largest absolute Gasteiger partial charge is 0.303 e. The molecule has 1 aromatic carbocycles. The molecule has 15 heavy (non-hydrogen) atoms. The molecule has 73 valence electrons. The fraction of sp³-hybridized carbons (Fsp3) is 0. The SMILES string of the molecule is O=C[C]1[CH][CH][CH][C]1C(=O)c1ccccc1. The topological polar surface area (TPSA) is 34.1 Å². The zero-order chi connectivity index (χ0) is 10.7. The van der Waals surface area contributed by atoms with E-state index in [1.165, 1.54) is 0 Å². The molecule has 1 aromatic rings. The van der Waals surface area contributed by atoms with Gasteiger partial charge in [0.05, 0.1) is 11.8 Å². The van der Waals surface area contributed by atoms with Crippen LogP contribution in [0.4, 0.5) is 0 Å². The van der Waals surface area contributed by atoms with Gasteiger partial charge in [-0.15, -0.1) is 0 Å². The van der Waals surface area contributed by atoms with E-state index in [0.29, 0.717) is 23.7 Å². The van der Waals surface area contributed by atoms with Crippen molar-refractivity contribution < 1.29 is 9.59 Å². The van der Waals surface area contributed by atoms with Crippen molar-refractivity contribution in [3.63, 3.8) is 0 Å². The normalized spacial score (nSPS) is 17.9. The van der Waals surface area contributed by atoms with Crippen LogP contribution < -0.4 is 0 Å². The maximum Gasteiger partial charge on any atom is 0.171 e. The average molecular weight is 197 g/mol. The first-order valence-electron chi connectivity index (χ1n) is 4.63. The molecule has 1 aliphatic carbocycles. The number of benzene rings is 1. The highest BCUT2D eigenvalue weighted by Crippen LogP contribution is 2.33. The molecule has 0 aromatic heterocycles. The van der Waals surface area contributed by atoms with Gasteiger partial charge in [0, 0.05) is 5.56 Å². The van der Waals surface area contributed by atoms with Crippen LogP contribution in [0.25, 0.3) is 0 Å². The number of ketones is 1. The minimum Gasteiger partial charge on any atom is -0.303 e. The van der Waals surface area contributed by atoms with Crippen LogP contribution in [0.1, 0.15) is 10.4 Å². The van der Waals surface area contributed by atoms with Gasteiger partial charge in [-0.1, -0.05) is 30.3 Å². The third-order valence-corrected chi connectivity index (χ3v) is 2.26. The monoisotopic (exact) mass is 197 g/mol. The molecule has 0 unspecified atom stereocenters. The lowest BCUT2D eigenvalue weighted by Gasteiger charge is -2.10. The zero-order valence-corrected chi connectivity index (χ0v) is 8.01. The minimum atomic E-state index is -0.109. The Morgan fingerprint density at radius 1 is 1.07 bits per heavy atom. The number of carbonyl (C=O) groups is 2. The molecule has 0 saturated heterocycles. The number of rotatable bonds is 3. The molecular weight excluding hydrogens is 188 g/mol. The van der Waals surface area contributed by atoms with Gasteiger partial charge in [0.1, 0.15) is 6.29 Å². The van der Waals surface area contributed by atoms with Gasteiger partial charge >= 0.3 is 0 Å². The molecule has 0 amide bonds. The lowest BCUT2D eigenvalue weighted by atomic mass is 9.89. The van der Waals surface area contributed by atoms with Crippen molar-refractivity contribution in [2.75, 3.05) is 0 Å². The van der Waals surface area contributed by atoms with Gasteiger partial charge in [-0.3, -0.25) is 4.79 Å².